The van der Waals surface area contributed by atoms with E-state index in [1.165, 1.54) is 12.1 Å². The van der Waals surface area contributed by atoms with Crippen LogP contribution in [0.1, 0.15) is 22.5 Å². The minimum atomic E-state index is -0.528. The largest absolute Gasteiger partial charge is 0.360 e. The molecule has 5 nitrogen and oxygen atoms in total. The molecular weight excluding hydrogens is 333 g/mol. The van der Waals surface area contributed by atoms with Crippen LogP contribution in [0.4, 0.5) is 4.39 Å². The van der Waals surface area contributed by atoms with Gasteiger partial charge in [0.1, 0.15) is 22.8 Å². The third-order valence-electron chi connectivity index (χ3n) is 4.34. The molecule has 7 heteroatoms. The van der Waals surface area contributed by atoms with Gasteiger partial charge in [-0.15, -0.1) is 0 Å². The number of likely N-dealkylation sites (tertiary alicyclic amines) is 1. The molecule has 1 aliphatic rings. The minimum absolute atomic E-state index is 0.102. The van der Waals surface area contributed by atoms with Gasteiger partial charge in [-0.1, -0.05) is 22.8 Å². The van der Waals surface area contributed by atoms with Gasteiger partial charge in [0.05, 0.1) is 10.6 Å². The summed E-state index contributed by atoms with van der Waals surface area (Å²) in [7, 11) is 1.90. The SMILES string of the molecule is CNCC1CCN(C(=O)c2c(-c3c(F)cccc3Cl)noc2C)C1. The van der Waals surface area contributed by atoms with Crippen LogP contribution in [0, 0.1) is 18.7 Å². The van der Waals surface area contributed by atoms with Crippen molar-refractivity contribution in [2.75, 3.05) is 26.7 Å². The monoisotopic (exact) mass is 351 g/mol. The Morgan fingerprint density at radius 2 is 2.33 bits per heavy atom. The lowest BCUT2D eigenvalue weighted by Crippen LogP contribution is -2.30. The Balaban J connectivity index is 1.95. The lowest BCUT2D eigenvalue weighted by atomic mass is 10.0. The Labute approximate surface area is 144 Å². The number of carbonyl (C=O) groups excluding carboxylic acids is 1. The number of carbonyl (C=O) groups is 1. The summed E-state index contributed by atoms with van der Waals surface area (Å²) in [5.74, 6) is 0.0620. The molecule has 0 spiro atoms. The van der Waals surface area contributed by atoms with Crippen molar-refractivity contribution in [3.8, 4) is 11.3 Å². The lowest BCUT2D eigenvalue weighted by molar-refractivity contribution is 0.0786. The van der Waals surface area contributed by atoms with E-state index in [0.29, 0.717) is 24.8 Å². The third kappa shape index (κ3) is 3.03. The zero-order chi connectivity index (χ0) is 17.3. The summed E-state index contributed by atoms with van der Waals surface area (Å²) in [6.07, 6.45) is 0.937. The van der Waals surface area contributed by atoms with E-state index < -0.39 is 5.82 Å². The second-order valence-electron chi connectivity index (χ2n) is 6.02. The van der Waals surface area contributed by atoms with Gasteiger partial charge < -0.3 is 14.7 Å². The average molecular weight is 352 g/mol. The van der Waals surface area contributed by atoms with Gasteiger partial charge >= 0.3 is 0 Å². The van der Waals surface area contributed by atoms with Crippen molar-refractivity contribution in [2.45, 2.75) is 13.3 Å². The molecule has 3 rings (SSSR count). The van der Waals surface area contributed by atoms with Crippen LogP contribution in [-0.2, 0) is 0 Å². The number of rotatable bonds is 4. The number of aromatic nitrogens is 1. The van der Waals surface area contributed by atoms with Crippen LogP contribution < -0.4 is 5.32 Å². The number of nitrogens with zero attached hydrogens (tertiary/aromatic N) is 2. The topological polar surface area (TPSA) is 58.4 Å². The zero-order valence-electron chi connectivity index (χ0n) is 13.6. The molecule has 24 heavy (non-hydrogen) atoms. The number of amides is 1. The number of hydrogen-bond acceptors (Lipinski definition) is 4. The van der Waals surface area contributed by atoms with Crippen LogP contribution in [0.15, 0.2) is 22.7 Å². The molecule has 2 aromatic rings. The molecule has 0 saturated carbocycles. The molecule has 1 aromatic carbocycles. The number of halogens is 2. The van der Waals surface area contributed by atoms with Gasteiger partial charge in [0, 0.05) is 13.1 Å². The first-order chi connectivity index (χ1) is 11.5. The molecule has 2 heterocycles. The third-order valence-corrected chi connectivity index (χ3v) is 4.66. The van der Waals surface area contributed by atoms with Crippen LogP contribution in [-0.4, -0.2) is 42.6 Å². The molecule has 1 aromatic heterocycles. The van der Waals surface area contributed by atoms with Crippen molar-refractivity contribution in [2.24, 2.45) is 5.92 Å². The van der Waals surface area contributed by atoms with Crippen molar-refractivity contribution in [3.05, 3.63) is 40.4 Å². The van der Waals surface area contributed by atoms with Crippen LogP contribution in [0.25, 0.3) is 11.3 Å². The van der Waals surface area contributed by atoms with Gasteiger partial charge in [0.25, 0.3) is 5.91 Å². The molecule has 0 aliphatic carbocycles. The van der Waals surface area contributed by atoms with Crippen molar-refractivity contribution in [1.29, 1.82) is 0 Å². The highest BCUT2D eigenvalue weighted by molar-refractivity contribution is 6.33. The maximum atomic E-state index is 14.2. The van der Waals surface area contributed by atoms with Crippen molar-refractivity contribution in [3.63, 3.8) is 0 Å². The average Bonchev–Trinajstić information content (AvgIpc) is 3.14. The second kappa shape index (κ2) is 6.91. The van der Waals surface area contributed by atoms with Gasteiger partial charge in [-0.05, 0) is 45.0 Å². The molecule has 0 radical (unpaired) electrons. The van der Waals surface area contributed by atoms with Crippen molar-refractivity contribution in [1.82, 2.24) is 15.4 Å². The van der Waals surface area contributed by atoms with E-state index in [1.54, 1.807) is 17.9 Å². The summed E-state index contributed by atoms with van der Waals surface area (Å²) in [4.78, 5) is 14.7. The number of hydrogen-bond donors (Lipinski definition) is 1. The summed E-state index contributed by atoms with van der Waals surface area (Å²) < 4.78 is 19.4. The fourth-order valence-corrected chi connectivity index (χ4v) is 3.40. The van der Waals surface area contributed by atoms with Crippen LogP contribution in [0.2, 0.25) is 5.02 Å². The first kappa shape index (κ1) is 16.9. The molecule has 1 aliphatic heterocycles. The Hall–Kier alpha value is -1.92. The van der Waals surface area contributed by atoms with E-state index >= 15 is 0 Å². The predicted octanol–water partition coefficient (Wildman–Crippen LogP) is 3.12. The standard InChI is InChI=1S/C17H19ClFN3O2/c1-10-14(17(23)22-7-6-11(9-22)8-20-2)16(21-24-10)15-12(18)4-3-5-13(15)19/h3-5,11,20H,6-9H2,1-2H3. The van der Waals surface area contributed by atoms with Gasteiger partial charge in [0.2, 0.25) is 0 Å². The molecule has 1 atom stereocenters. The summed E-state index contributed by atoms with van der Waals surface area (Å²) in [5, 5.41) is 7.23. The van der Waals surface area contributed by atoms with E-state index in [9.17, 15) is 9.18 Å². The van der Waals surface area contributed by atoms with Gasteiger partial charge in [-0.2, -0.15) is 0 Å². The number of nitrogens with one attached hydrogen (secondary N) is 1. The summed E-state index contributed by atoms with van der Waals surface area (Å²) >= 11 is 6.12. The molecular formula is C17H19ClFN3O2. The van der Waals surface area contributed by atoms with Gasteiger partial charge in [-0.25, -0.2) is 4.39 Å². The van der Waals surface area contributed by atoms with E-state index in [4.69, 9.17) is 16.1 Å². The fourth-order valence-electron chi connectivity index (χ4n) is 3.15. The number of aryl methyl sites for hydroxylation is 1. The van der Waals surface area contributed by atoms with Crippen LogP contribution >= 0.6 is 11.6 Å². The number of benzene rings is 1. The quantitative estimate of drug-likeness (QED) is 0.919. The van der Waals surface area contributed by atoms with Gasteiger partial charge in [-0.3, -0.25) is 4.79 Å². The Kier molecular flexibility index (Phi) is 4.87. The maximum Gasteiger partial charge on any atom is 0.259 e. The van der Waals surface area contributed by atoms with E-state index in [0.717, 1.165) is 13.0 Å². The molecule has 1 amide bonds. The molecule has 1 N–H and O–H groups in total. The first-order valence-corrected chi connectivity index (χ1v) is 8.25. The predicted molar refractivity (Wildman–Crippen MR) is 89.6 cm³/mol. The summed E-state index contributed by atoms with van der Waals surface area (Å²) in [6.45, 7) is 3.84. The smallest absolute Gasteiger partial charge is 0.259 e. The maximum absolute atomic E-state index is 14.2. The highest BCUT2D eigenvalue weighted by atomic mass is 35.5. The fraction of sp³-hybridized carbons (Fsp3) is 0.412. The second-order valence-corrected chi connectivity index (χ2v) is 6.43. The van der Waals surface area contributed by atoms with Crippen molar-refractivity contribution < 1.29 is 13.7 Å². The first-order valence-electron chi connectivity index (χ1n) is 7.87. The Bertz CT molecular complexity index is 742. The van der Waals surface area contributed by atoms with Gasteiger partial charge in [0.15, 0.2) is 0 Å². The highest BCUT2D eigenvalue weighted by Gasteiger charge is 2.32. The van der Waals surface area contributed by atoms with E-state index in [2.05, 4.69) is 10.5 Å². The Morgan fingerprint density at radius 1 is 1.54 bits per heavy atom. The molecule has 1 fully saturated rings. The molecule has 1 unspecified atom stereocenters. The Morgan fingerprint density at radius 3 is 3.04 bits per heavy atom. The zero-order valence-corrected chi connectivity index (χ0v) is 14.4. The highest BCUT2D eigenvalue weighted by Crippen LogP contribution is 2.34. The van der Waals surface area contributed by atoms with Crippen LogP contribution in [0.3, 0.4) is 0 Å². The summed E-state index contributed by atoms with van der Waals surface area (Å²) in [5.41, 5.74) is 0.551. The molecule has 0 bridgehead atoms. The normalized spacial score (nSPS) is 17.5. The van der Waals surface area contributed by atoms with E-state index in [1.807, 2.05) is 7.05 Å². The molecule has 128 valence electrons. The summed E-state index contributed by atoms with van der Waals surface area (Å²) in [6, 6.07) is 4.37. The van der Waals surface area contributed by atoms with Crippen molar-refractivity contribution >= 4 is 17.5 Å². The minimum Gasteiger partial charge on any atom is -0.360 e. The van der Waals surface area contributed by atoms with Crippen LogP contribution in [0.5, 0.6) is 0 Å². The molecule has 1 saturated heterocycles. The lowest BCUT2D eigenvalue weighted by Gasteiger charge is -2.17. The van der Waals surface area contributed by atoms with E-state index in [-0.39, 0.29) is 27.8 Å².